The third kappa shape index (κ3) is 3.41. The monoisotopic (exact) mass is 330 g/mol. The number of hydrogen-bond acceptors (Lipinski definition) is 3. The largest absolute Gasteiger partial charge is 0.381 e. The standard InChI is InChI=1S/C18H22N2O2S/c1-14-8-9-18(12-15(14)2)23(21,22)20-11-10-17(13-20)19-16-6-4-3-5-7-16/h3-9,12,17,19H,10-11,13H2,1-2H3/t17-/m0/s1. The molecular weight excluding hydrogens is 308 g/mol. The molecule has 0 unspecified atom stereocenters. The van der Waals surface area contributed by atoms with Crippen LogP contribution in [0.5, 0.6) is 0 Å². The van der Waals surface area contributed by atoms with Gasteiger partial charge < -0.3 is 5.32 Å². The van der Waals surface area contributed by atoms with Crippen LogP contribution in [0.1, 0.15) is 17.5 Å². The van der Waals surface area contributed by atoms with Crippen LogP contribution in [0.15, 0.2) is 53.4 Å². The van der Waals surface area contributed by atoms with Crippen molar-refractivity contribution in [1.29, 1.82) is 0 Å². The number of nitrogens with zero attached hydrogens (tertiary/aromatic N) is 1. The fourth-order valence-electron chi connectivity index (χ4n) is 2.86. The molecule has 0 aliphatic carbocycles. The van der Waals surface area contributed by atoms with Gasteiger partial charge in [-0.2, -0.15) is 4.31 Å². The van der Waals surface area contributed by atoms with Gasteiger partial charge in [-0.1, -0.05) is 24.3 Å². The summed E-state index contributed by atoms with van der Waals surface area (Å²) in [5.74, 6) is 0. The third-order valence-electron chi connectivity index (χ3n) is 4.41. The Labute approximate surface area is 138 Å². The second-order valence-electron chi connectivity index (χ2n) is 6.11. The van der Waals surface area contributed by atoms with E-state index in [0.717, 1.165) is 23.2 Å². The summed E-state index contributed by atoms with van der Waals surface area (Å²) in [6.07, 6.45) is 0.818. The molecule has 2 aromatic carbocycles. The van der Waals surface area contributed by atoms with E-state index >= 15 is 0 Å². The fourth-order valence-corrected chi connectivity index (χ4v) is 4.44. The van der Waals surface area contributed by atoms with E-state index in [2.05, 4.69) is 5.32 Å². The van der Waals surface area contributed by atoms with E-state index in [9.17, 15) is 8.42 Å². The summed E-state index contributed by atoms with van der Waals surface area (Å²) in [6.45, 7) is 4.99. The SMILES string of the molecule is Cc1ccc(S(=O)(=O)N2CC[C@H](Nc3ccccc3)C2)cc1C. The molecule has 1 aliphatic heterocycles. The second kappa shape index (κ2) is 6.34. The molecule has 0 amide bonds. The Hall–Kier alpha value is -1.85. The van der Waals surface area contributed by atoms with E-state index in [1.165, 1.54) is 0 Å². The zero-order valence-corrected chi connectivity index (χ0v) is 14.3. The van der Waals surface area contributed by atoms with E-state index in [-0.39, 0.29) is 6.04 Å². The van der Waals surface area contributed by atoms with E-state index in [1.807, 2.05) is 50.2 Å². The average molecular weight is 330 g/mol. The minimum atomic E-state index is -3.41. The maximum atomic E-state index is 12.8. The zero-order valence-electron chi connectivity index (χ0n) is 13.5. The van der Waals surface area contributed by atoms with Crippen molar-refractivity contribution in [3.05, 3.63) is 59.7 Å². The lowest BCUT2D eigenvalue weighted by Gasteiger charge is -2.18. The second-order valence-corrected chi connectivity index (χ2v) is 8.04. The molecule has 5 heteroatoms. The van der Waals surface area contributed by atoms with Gasteiger partial charge in [0, 0.05) is 24.8 Å². The van der Waals surface area contributed by atoms with Gasteiger partial charge in [0.2, 0.25) is 10.0 Å². The van der Waals surface area contributed by atoms with Crippen LogP contribution in [0.3, 0.4) is 0 Å². The summed E-state index contributed by atoms with van der Waals surface area (Å²) >= 11 is 0. The molecule has 122 valence electrons. The van der Waals surface area contributed by atoms with E-state index in [0.29, 0.717) is 18.0 Å². The summed E-state index contributed by atoms with van der Waals surface area (Å²) in [6, 6.07) is 15.4. The first kappa shape index (κ1) is 16.0. The summed E-state index contributed by atoms with van der Waals surface area (Å²) in [4.78, 5) is 0.390. The van der Waals surface area contributed by atoms with Crippen molar-refractivity contribution in [2.75, 3.05) is 18.4 Å². The predicted molar refractivity (Wildman–Crippen MR) is 93.1 cm³/mol. The summed E-state index contributed by atoms with van der Waals surface area (Å²) in [5, 5.41) is 3.41. The number of anilines is 1. The molecule has 0 spiro atoms. The van der Waals surface area contributed by atoms with Crippen molar-refractivity contribution < 1.29 is 8.42 Å². The normalized spacial score (nSPS) is 19.0. The highest BCUT2D eigenvalue weighted by Gasteiger charge is 2.32. The van der Waals surface area contributed by atoms with Crippen LogP contribution >= 0.6 is 0 Å². The maximum Gasteiger partial charge on any atom is 0.243 e. The maximum absolute atomic E-state index is 12.8. The Morgan fingerprint density at radius 2 is 1.78 bits per heavy atom. The van der Waals surface area contributed by atoms with Crippen molar-refractivity contribution in [1.82, 2.24) is 4.31 Å². The summed E-state index contributed by atoms with van der Waals surface area (Å²) < 4.78 is 27.2. The average Bonchev–Trinajstić information content (AvgIpc) is 3.00. The number of benzene rings is 2. The van der Waals surface area contributed by atoms with Crippen LogP contribution in [-0.4, -0.2) is 31.9 Å². The number of hydrogen-bond donors (Lipinski definition) is 1. The number of nitrogens with one attached hydrogen (secondary N) is 1. The van der Waals surface area contributed by atoms with E-state index in [4.69, 9.17) is 0 Å². The van der Waals surface area contributed by atoms with Crippen molar-refractivity contribution in [3.63, 3.8) is 0 Å². The van der Waals surface area contributed by atoms with Crippen LogP contribution in [0.4, 0.5) is 5.69 Å². The highest BCUT2D eigenvalue weighted by Crippen LogP contribution is 2.24. The number of sulfonamides is 1. The summed E-state index contributed by atoms with van der Waals surface area (Å²) in [5.41, 5.74) is 3.14. The molecule has 3 rings (SSSR count). The van der Waals surface area contributed by atoms with Crippen molar-refractivity contribution in [2.45, 2.75) is 31.2 Å². The molecule has 1 saturated heterocycles. The number of aryl methyl sites for hydroxylation is 2. The Bertz CT molecular complexity index is 788. The summed E-state index contributed by atoms with van der Waals surface area (Å²) in [7, 11) is -3.41. The number of rotatable bonds is 4. The Balaban J connectivity index is 1.73. The molecule has 1 N–H and O–H groups in total. The zero-order chi connectivity index (χ0) is 16.4. The predicted octanol–water partition coefficient (Wildman–Crippen LogP) is 3.18. The molecule has 0 bridgehead atoms. The first-order valence-electron chi connectivity index (χ1n) is 7.86. The molecular formula is C18H22N2O2S. The van der Waals surface area contributed by atoms with Crippen LogP contribution in [0.25, 0.3) is 0 Å². The molecule has 0 aromatic heterocycles. The Morgan fingerprint density at radius 1 is 1.04 bits per heavy atom. The smallest absolute Gasteiger partial charge is 0.243 e. The molecule has 0 saturated carbocycles. The minimum absolute atomic E-state index is 0.152. The highest BCUT2D eigenvalue weighted by molar-refractivity contribution is 7.89. The quantitative estimate of drug-likeness (QED) is 0.937. The highest BCUT2D eigenvalue weighted by atomic mass is 32.2. The van der Waals surface area contributed by atoms with E-state index < -0.39 is 10.0 Å². The molecule has 23 heavy (non-hydrogen) atoms. The first-order chi connectivity index (χ1) is 11.0. The van der Waals surface area contributed by atoms with Gasteiger partial charge in [0.05, 0.1) is 4.90 Å². The fraction of sp³-hybridized carbons (Fsp3) is 0.333. The van der Waals surface area contributed by atoms with Gasteiger partial charge >= 0.3 is 0 Å². The van der Waals surface area contributed by atoms with Gasteiger partial charge in [-0.15, -0.1) is 0 Å². The van der Waals surface area contributed by atoms with Crippen LogP contribution < -0.4 is 5.32 Å². The van der Waals surface area contributed by atoms with Gasteiger partial charge in [0.15, 0.2) is 0 Å². The molecule has 2 aromatic rings. The van der Waals surface area contributed by atoms with Gasteiger partial charge in [0.25, 0.3) is 0 Å². The lowest BCUT2D eigenvalue weighted by Crippen LogP contribution is -2.31. The topological polar surface area (TPSA) is 49.4 Å². The molecule has 4 nitrogen and oxygen atoms in total. The van der Waals surface area contributed by atoms with Crippen LogP contribution in [0, 0.1) is 13.8 Å². The van der Waals surface area contributed by atoms with E-state index in [1.54, 1.807) is 16.4 Å². The van der Waals surface area contributed by atoms with Crippen molar-refractivity contribution in [2.24, 2.45) is 0 Å². The van der Waals surface area contributed by atoms with Gasteiger partial charge in [0.1, 0.15) is 0 Å². The first-order valence-corrected chi connectivity index (χ1v) is 9.30. The minimum Gasteiger partial charge on any atom is -0.381 e. The molecule has 1 atom stereocenters. The van der Waals surface area contributed by atoms with Crippen molar-refractivity contribution >= 4 is 15.7 Å². The van der Waals surface area contributed by atoms with Crippen molar-refractivity contribution in [3.8, 4) is 0 Å². The van der Waals surface area contributed by atoms with Crippen LogP contribution in [0.2, 0.25) is 0 Å². The lowest BCUT2D eigenvalue weighted by molar-refractivity contribution is 0.474. The lowest BCUT2D eigenvalue weighted by atomic mass is 10.1. The van der Waals surface area contributed by atoms with Gasteiger partial charge in [-0.25, -0.2) is 8.42 Å². The van der Waals surface area contributed by atoms with Gasteiger partial charge in [-0.3, -0.25) is 0 Å². The Morgan fingerprint density at radius 3 is 2.48 bits per heavy atom. The molecule has 1 fully saturated rings. The number of para-hydroxylation sites is 1. The molecule has 1 heterocycles. The van der Waals surface area contributed by atoms with Gasteiger partial charge in [-0.05, 0) is 55.7 Å². The molecule has 1 aliphatic rings. The molecule has 0 radical (unpaired) electrons. The Kier molecular flexibility index (Phi) is 4.41. The third-order valence-corrected chi connectivity index (χ3v) is 6.27. The van der Waals surface area contributed by atoms with Crippen LogP contribution in [-0.2, 0) is 10.0 Å².